The summed E-state index contributed by atoms with van der Waals surface area (Å²) in [5, 5.41) is 21.5. The predicted molar refractivity (Wildman–Crippen MR) is 115 cm³/mol. The molecule has 0 amide bonds. The van der Waals surface area contributed by atoms with Gasteiger partial charge in [0.25, 0.3) is 0 Å². The van der Waals surface area contributed by atoms with Crippen LogP contribution >= 0.6 is 0 Å². The molecule has 0 fully saturated rings. The van der Waals surface area contributed by atoms with E-state index in [0.717, 1.165) is 11.0 Å². The van der Waals surface area contributed by atoms with Crippen LogP contribution in [0.4, 0.5) is 4.39 Å². The molecule has 5 aromatic rings. The van der Waals surface area contributed by atoms with Crippen LogP contribution in [-0.4, -0.2) is 30.5 Å². The van der Waals surface area contributed by atoms with Crippen molar-refractivity contribution in [1.82, 2.24) is 14.5 Å². The van der Waals surface area contributed by atoms with Crippen molar-refractivity contribution in [1.29, 1.82) is 0 Å². The number of nitrogens with one attached hydrogen (secondary N) is 1. The normalized spacial score (nSPS) is 11.3. The van der Waals surface area contributed by atoms with Gasteiger partial charge in [0.1, 0.15) is 17.4 Å². The number of aryl methyl sites for hydroxylation is 1. The Balaban J connectivity index is 1.70. The number of aromatic hydroxyl groups is 2. The van der Waals surface area contributed by atoms with Crippen LogP contribution < -0.4 is 0 Å². The van der Waals surface area contributed by atoms with Crippen LogP contribution in [0.3, 0.4) is 0 Å². The third kappa shape index (κ3) is 3.22. The van der Waals surface area contributed by atoms with Gasteiger partial charge in [0.2, 0.25) is 11.7 Å². The number of halogens is 1. The highest BCUT2D eigenvalue weighted by molar-refractivity contribution is 6.13. The molecule has 0 atom stereocenters. The van der Waals surface area contributed by atoms with Crippen LogP contribution in [-0.2, 0) is 6.54 Å². The minimum Gasteiger partial charge on any atom is -0.503 e. The first-order valence-electron chi connectivity index (χ1n) is 9.87. The number of H-pyrrole nitrogens is 1. The molecule has 0 aliphatic heterocycles. The Morgan fingerprint density at radius 2 is 1.84 bits per heavy atom. The lowest BCUT2D eigenvalue weighted by atomic mass is 10.0. The number of ketones is 1. The zero-order valence-corrected chi connectivity index (χ0v) is 17.0. The Bertz CT molecular complexity index is 1430. The Kier molecular flexibility index (Phi) is 4.55. The molecule has 0 radical (unpaired) electrons. The average Bonchev–Trinajstić information content (AvgIpc) is 3.46. The number of carbonyl (C=O) groups excluding carboxylic acids is 1. The molecule has 2 aromatic carbocycles. The summed E-state index contributed by atoms with van der Waals surface area (Å²) in [6, 6.07) is 16.0. The molecule has 0 aliphatic rings. The van der Waals surface area contributed by atoms with Crippen molar-refractivity contribution in [2.24, 2.45) is 0 Å². The molecule has 0 saturated heterocycles. The zero-order chi connectivity index (χ0) is 22.4. The van der Waals surface area contributed by atoms with E-state index >= 15 is 0 Å². The number of furan rings is 1. The summed E-state index contributed by atoms with van der Waals surface area (Å²) in [6.45, 7) is 1.73. The maximum atomic E-state index is 13.6. The van der Waals surface area contributed by atoms with Gasteiger partial charge in [0.15, 0.2) is 11.5 Å². The van der Waals surface area contributed by atoms with Gasteiger partial charge in [-0.2, -0.15) is 0 Å². The lowest BCUT2D eigenvalue weighted by Gasteiger charge is -2.10. The van der Waals surface area contributed by atoms with Crippen LogP contribution in [0.5, 0.6) is 11.6 Å². The lowest BCUT2D eigenvalue weighted by Crippen LogP contribution is -2.07. The number of hydrogen-bond acceptors (Lipinski definition) is 5. The molecule has 3 aromatic heterocycles. The molecule has 160 valence electrons. The van der Waals surface area contributed by atoms with E-state index in [1.165, 1.54) is 34.9 Å². The van der Waals surface area contributed by atoms with Gasteiger partial charge < -0.3 is 24.2 Å². The summed E-state index contributed by atoms with van der Waals surface area (Å²) < 4.78 is 20.4. The number of aromatic amines is 1. The molecule has 0 bridgehead atoms. The van der Waals surface area contributed by atoms with E-state index < -0.39 is 23.2 Å². The number of para-hydroxylation sites is 2. The van der Waals surface area contributed by atoms with Crippen LogP contribution in [0.25, 0.3) is 22.3 Å². The maximum Gasteiger partial charge on any atom is 0.236 e. The molecule has 3 heterocycles. The van der Waals surface area contributed by atoms with Crippen LogP contribution in [0, 0.1) is 12.7 Å². The van der Waals surface area contributed by atoms with Gasteiger partial charge in [-0.3, -0.25) is 4.79 Å². The second kappa shape index (κ2) is 7.42. The van der Waals surface area contributed by atoms with Gasteiger partial charge in [-0.1, -0.05) is 12.1 Å². The molecule has 5 rings (SSSR count). The SMILES string of the molecule is Cc1ccc(C(=O)c2c(O)c(O)n(Cc3nc4ccccc4[nH]3)c2-c2ccc(F)cc2)o1. The highest BCUT2D eigenvalue weighted by Crippen LogP contribution is 2.42. The van der Waals surface area contributed by atoms with Crippen molar-refractivity contribution in [2.45, 2.75) is 13.5 Å². The van der Waals surface area contributed by atoms with Gasteiger partial charge in [-0.05, 0) is 61.0 Å². The van der Waals surface area contributed by atoms with Crippen molar-refractivity contribution in [3.63, 3.8) is 0 Å². The summed E-state index contributed by atoms with van der Waals surface area (Å²) in [5.74, 6) is -1.09. The van der Waals surface area contributed by atoms with E-state index in [1.54, 1.807) is 13.0 Å². The average molecular weight is 431 g/mol. The number of carbonyl (C=O) groups is 1. The largest absolute Gasteiger partial charge is 0.503 e. The molecule has 0 saturated carbocycles. The third-order valence-electron chi connectivity index (χ3n) is 5.27. The predicted octanol–water partition coefficient (Wildman–Crippen LogP) is 4.76. The monoisotopic (exact) mass is 431 g/mol. The summed E-state index contributed by atoms with van der Waals surface area (Å²) in [7, 11) is 0. The summed E-state index contributed by atoms with van der Waals surface area (Å²) in [4.78, 5) is 20.9. The third-order valence-corrected chi connectivity index (χ3v) is 5.27. The van der Waals surface area contributed by atoms with E-state index in [1.807, 2.05) is 24.3 Å². The smallest absolute Gasteiger partial charge is 0.236 e. The standard InChI is InChI=1S/C24H18FN3O4/c1-13-6-11-18(32-13)22(29)20-21(14-7-9-15(25)10-8-14)28(24(31)23(20)30)12-19-26-16-4-2-3-5-17(16)27-19/h2-11,30-31H,12H2,1H3,(H,26,27). The first kappa shape index (κ1) is 19.6. The Morgan fingerprint density at radius 1 is 1.09 bits per heavy atom. The van der Waals surface area contributed by atoms with Crippen LogP contribution in [0.2, 0.25) is 0 Å². The second-order valence-electron chi connectivity index (χ2n) is 7.43. The maximum absolute atomic E-state index is 13.6. The fourth-order valence-corrected chi connectivity index (χ4v) is 3.78. The lowest BCUT2D eigenvalue weighted by molar-refractivity contribution is 0.101. The van der Waals surface area contributed by atoms with Gasteiger partial charge >= 0.3 is 0 Å². The minimum absolute atomic E-state index is 0.0158. The van der Waals surface area contributed by atoms with Crippen molar-refractivity contribution in [3.8, 4) is 22.9 Å². The van der Waals surface area contributed by atoms with Gasteiger partial charge in [0, 0.05) is 0 Å². The van der Waals surface area contributed by atoms with E-state index in [4.69, 9.17) is 4.42 Å². The number of rotatable bonds is 5. The fourth-order valence-electron chi connectivity index (χ4n) is 3.78. The zero-order valence-electron chi connectivity index (χ0n) is 17.0. The van der Waals surface area contributed by atoms with Crippen LogP contribution in [0.15, 0.2) is 65.1 Å². The molecule has 7 nitrogen and oxygen atoms in total. The minimum atomic E-state index is -0.603. The Morgan fingerprint density at radius 3 is 2.53 bits per heavy atom. The number of hydrogen-bond donors (Lipinski definition) is 3. The van der Waals surface area contributed by atoms with E-state index in [2.05, 4.69) is 9.97 Å². The number of fused-ring (bicyclic) bond motifs is 1. The first-order chi connectivity index (χ1) is 15.4. The van der Waals surface area contributed by atoms with E-state index in [9.17, 15) is 19.4 Å². The van der Waals surface area contributed by atoms with Crippen molar-refractivity contribution < 1.29 is 23.8 Å². The summed E-state index contributed by atoms with van der Waals surface area (Å²) in [5.41, 5.74) is 2.07. The van der Waals surface area contributed by atoms with Crippen molar-refractivity contribution >= 4 is 16.8 Å². The number of imidazole rings is 1. The number of benzene rings is 2. The quantitative estimate of drug-likeness (QED) is 0.348. The number of nitrogens with zero attached hydrogens (tertiary/aromatic N) is 2. The van der Waals surface area contributed by atoms with Crippen molar-refractivity contribution in [2.75, 3.05) is 0 Å². The van der Waals surface area contributed by atoms with Gasteiger partial charge in [-0.25, -0.2) is 9.37 Å². The number of aromatic nitrogens is 3. The molecule has 0 unspecified atom stereocenters. The van der Waals surface area contributed by atoms with Gasteiger partial charge in [0.05, 0.1) is 28.8 Å². The molecular weight excluding hydrogens is 413 g/mol. The summed E-state index contributed by atoms with van der Waals surface area (Å²) in [6.07, 6.45) is 0. The van der Waals surface area contributed by atoms with Crippen molar-refractivity contribution in [3.05, 3.63) is 89.4 Å². The Labute approximate surface area is 181 Å². The Hall–Kier alpha value is -4.33. The highest BCUT2D eigenvalue weighted by Gasteiger charge is 2.31. The summed E-state index contributed by atoms with van der Waals surface area (Å²) >= 11 is 0. The molecule has 8 heteroatoms. The second-order valence-corrected chi connectivity index (χ2v) is 7.43. The van der Waals surface area contributed by atoms with Gasteiger partial charge in [-0.15, -0.1) is 0 Å². The molecule has 0 spiro atoms. The molecule has 32 heavy (non-hydrogen) atoms. The van der Waals surface area contributed by atoms with E-state index in [0.29, 0.717) is 17.1 Å². The highest BCUT2D eigenvalue weighted by atomic mass is 19.1. The molecular formula is C24H18FN3O4. The fraction of sp³-hybridized carbons (Fsp3) is 0.0833. The molecule has 0 aliphatic carbocycles. The van der Waals surface area contributed by atoms with E-state index in [-0.39, 0.29) is 23.6 Å². The first-order valence-corrected chi connectivity index (χ1v) is 9.87. The van der Waals surface area contributed by atoms with Crippen LogP contribution in [0.1, 0.15) is 27.7 Å². The topological polar surface area (TPSA) is 104 Å². The molecule has 3 N–H and O–H groups in total.